The first-order valence-electron chi connectivity index (χ1n) is 10.4. The Morgan fingerprint density at radius 1 is 1.09 bits per heavy atom. The van der Waals surface area contributed by atoms with Crippen molar-refractivity contribution in [1.29, 1.82) is 0 Å². The Morgan fingerprint density at radius 2 is 1.88 bits per heavy atom. The lowest BCUT2D eigenvalue weighted by atomic mass is 10.1. The Hall–Kier alpha value is -3.03. The van der Waals surface area contributed by atoms with Gasteiger partial charge in [-0.15, -0.1) is 10.2 Å². The first kappa shape index (κ1) is 20.8. The van der Waals surface area contributed by atoms with Gasteiger partial charge in [0.15, 0.2) is 11.0 Å². The van der Waals surface area contributed by atoms with Crippen LogP contribution in [0.15, 0.2) is 82.6 Å². The summed E-state index contributed by atoms with van der Waals surface area (Å²) in [6, 6.07) is 21.3. The third kappa shape index (κ3) is 4.74. The van der Waals surface area contributed by atoms with Crippen LogP contribution in [0.4, 0.5) is 0 Å². The van der Waals surface area contributed by atoms with E-state index in [2.05, 4.69) is 15.5 Å². The van der Waals surface area contributed by atoms with E-state index in [0.717, 1.165) is 29.7 Å². The zero-order valence-corrected chi connectivity index (χ0v) is 18.7. The van der Waals surface area contributed by atoms with Crippen LogP contribution < -0.4 is 5.32 Å². The maximum Gasteiger partial charge on any atom is 0.238 e. The van der Waals surface area contributed by atoms with E-state index < -0.39 is 5.25 Å². The molecule has 1 aliphatic carbocycles. The number of nitrogens with zero attached hydrogens (tertiary/aromatic N) is 3. The van der Waals surface area contributed by atoms with Crippen LogP contribution in [0.5, 0.6) is 0 Å². The van der Waals surface area contributed by atoms with Gasteiger partial charge >= 0.3 is 0 Å². The number of furan rings is 1. The van der Waals surface area contributed by atoms with Crippen LogP contribution >= 0.6 is 23.4 Å². The van der Waals surface area contributed by atoms with Gasteiger partial charge in [-0.05, 0) is 54.8 Å². The number of amides is 1. The number of hydrogen-bond donors (Lipinski definition) is 1. The number of carbonyl (C=O) groups is 1. The molecule has 8 heteroatoms. The molecule has 6 nitrogen and oxygen atoms in total. The second-order valence-corrected chi connectivity index (χ2v) is 9.18. The summed E-state index contributed by atoms with van der Waals surface area (Å²) in [4.78, 5) is 13.1. The van der Waals surface area contributed by atoms with Crippen molar-refractivity contribution in [1.82, 2.24) is 20.1 Å². The molecule has 1 fully saturated rings. The van der Waals surface area contributed by atoms with Gasteiger partial charge < -0.3 is 9.73 Å². The van der Waals surface area contributed by atoms with Crippen LogP contribution in [-0.4, -0.2) is 26.7 Å². The average molecular weight is 465 g/mol. The molecule has 1 N–H and O–H groups in total. The topological polar surface area (TPSA) is 73.0 Å². The quantitative estimate of drug-likeness (QED) is 0.356. The third-order valence-electron chi connectivity index (χ3n) is 5.20. The molecule has 1 saturated carbocycles. The molecule has 1 amide bonds. The largest absolute Gasteiger partial charge is 0.467 e. The minimum atomic E-state index is -0.436. The Labute approximate surface area is 195 Å². The highest BCUT2D eigenvalue weighted by Gasteiger charge is 2.31. The normalized spacial score (nSPS) is 14.3. The van der Waals surface area contributed by atoms with E-state index in [1.165, 1.54) is 11.8 Å². The molecule has 2 heterocycles. The lowest BCUT2D eigenvalue weighted by Gasteiger charge is -2.17. The molecular formula is C24H21ClN4O2S. The van der Waals surface area contributed by atoms with E-state index >= 15 is 0 Å². The second-order valence-electron chi connectivity index (χ2n) is 7.67. The molecule has 0 radical (unpaired) electrons. The van der Waals surface area contributed by atoms with Crippen LogP contribution in [0.25, 0.3) is 11.4 Å². The summed E-state index contributed by atoms with van der Waals surface area (Å²) in [7, 11) is 0. The first-order valence-corrected chi connectivity index (χ1v) is 11.7. The fraction of sp³-hybridized carbons (Fsp3) is 0.208. The fourth-order valence-corrected chi connectivity index (χ4v) is 4.57. The molecule has 1 aliphatic rings. The van der Waals surface area contributed by atoms with Gasteiger partial charge in [0.25, 0.3) is 0 Å². The molecule has 2 aromatic carbocycles. The lowest BCUT2D eigenvalue weighted by molar-refractivity contribution is -0.120. The lowest BCUT2D eigenvalue weighted by Crippen LogP contribution is -2.30. The van der Waals surface area contributed by atoms with E-state index in [9.17, 15) is 4.79 Å². The third-order valence-corrected chi connectivity index (χ3v) is 6.69. The molecule has 1 atom stereocenters. The van der Waals surface area contributed by atoms with E-state index in [1.807, 2.05) is 71.3 Å². The van der Waals surface area contributed by atoms with Crippen LogP contribution in [-0.2, 0) is 11.3 Å². The summed E-state index contributed by atoms with van der Waals surface area (Å²) in [6.07, 6.45) is 3.71. The predicted octanol–water partition coefficient (Wildman–Crippen LogP) is 5.35. The van der Waals surface area contributed by atoms with Crippen LogP contribution in [0, 0.1) is 0 Å². The summed E-state index contributed by atoms with van der Waals surface area (Å²) in [6.45, 7) is 0.450. The first-order chi connectivity index (χ1) is 15.7. The molecule has 4 aromatic rings. The maximum atomic E-state index is 13.1. The minimum absolute atomic E-state index is 0.00992. The van der Waals surface area contributed by atoms with E-state index in [0.29, 0.717) is 22.5 Å². The Morgan fingerprint density at radius 3 is 2.56 bits per heavy atom. The van der Waals surface area contributed by atoms with Crippen molar-refractivity contribution in [2.24, 2.45) is 0 Å². The van der Waals surface area contributed by atoms with Crippen molar-refractivity contribution in [3.8, 4) is 11.4 Å². The van der Waals surface area contributed by atoms with Gasteiger partial charge in [0.05, 0.1) is 12.8 Å². The molecule has 1 unspecified atom stereocenters. The van der Waals surface area contributed by atoms with Gasteiger partial charge in [-0.3, -0.25) is 9.36 Å². The van der Waals surface area contributed by atoms with E-state index in [1.54, 1.807) is 6.26 Å². The standard InChI is InChI=1S/C24H21ClN4O2S/c25-18-10-8-17(9-11-18)22-27-28-24(29(22)15-20-7-4-14-31-20)32-21(16-5-2-1-3-6-16)23(30)26-19-12-13-19/h1-11,14,19,21H,12-13,15H2,(H,26,30). The SMILES string of the molecule is O=C(NC1CC1)C(Sc1nnc(-c2ccc(Cl)cc2)n1Cc1ccco1)c1ccccc1. The number of carbonyl (C=O) groups excluding carboxylic acids is 1. The van der Waals surface area contributed by atoms with Gasteiger partial charge in [-0.1, -0.05) is 53.7 Å². The van der Waals surface area contributed by atoms with Crippen molar-refractivity contribution < 1.29 is 9.21 Å². The molecule has 32 heavy (non-hydrogen) atoms. The van der Waals surface area contributed by atoms with Crippen molar-refractivity contribution >= 4 is 29.3 Å². The van der Waals surface area contributed by atoms with Crippen molar-refractivity contribution in [2.45, 2.75) is 35.8 Å². The molecule has 162 valence electrons. The monoisotopic (exact) mass is 464 g/mol. The zero-order chi connectivity index (χ0) is 21.9. The molecule has 0 spiro atoms. The van der Waals surface area contributed by atoms with Gasteiger partial charge in [-0.2, -0.15) is 0 Å². The van der Waals surface area contributed by atoms with Gasteiger partial charge in [0, 0.05) is 16.6 Å². The number of thioether (sulfide) groups is 1. The number of benzene rings is 2. The number of halogens is 1. The maximum absolute atomic E-state index is 13.1. The Balaban J connectivity index is 1.51. The molecule has 0 bridgehead atoms. The number of nitrogens with one attached hydrogen (secondary N) is 1. The Bertz CT molecular complexity index is 1190. The second kappa shape index (κ2) is 9.22. The minimum Gasteiger partial charge on any atom is -0.467 e. The zero-order valence-electron chi connectivity index (χ0n) is 17.1. The van der Waals surface area contributed by atoms with Crippen molar-refractivity contribution in [2.75, 3.05) is 0 Å². The van der Waals surface area contributed by atoms with Crippen molar-refractivity contribution in [3.63, 3.8) is 0 Å². The van der Waals surface area contributed by atoms with Gasteiger partial charge in [-0.25, -0.2) is 0 Å². The summed E-state index contributed by atoms with van der Waals surface area (Å²) in [5, 5.41) is 12.9. The summed E-state index contributed by atoms with van der Waals surface area (Å²) >= 11 is 7.47. The summed E-state index contributed by atoms with van der Waals surface area (Å²) in [5.74, 6) is 1.46. The Kier molecular flexibility index (Phi) is 6.01. The van der Waals surface area contributed by atoms with E-state index in [-0.39, 0.29) is 11.9 Å². The number of hydrogen-bond acceptors (Lipinski definition) is 5. The number of rotatable bonds is 8. The predicted molar refractivity (Wildman–Crippen MR) is 124 cm³/mol. The van der Waals surface area contributed by atoms with Gasteiger partial charge in [0.2, 0.25) is 5.91 Å². The summed E-state index contributed by atoms with van der Waals surface area (Å²) < 4.78 is 7.56. The molecule has 0 aliphatic heterocycles. The highest BCUT2D eigenvalue weighted by atomic mass is 35.5. The molecule has 5 rings (SSSR count). The van der Waals surface area contributed by atoms with Crippen LogP contribution in [0.2, 0.25) is 5.02 Å². The highest BCUT2D eigenvalue weighted by molar-refractivity contribution is 8.00. The fourth-order valence-electron chi connectivity index (χ4n) is 3.40. The number of aromatic nitrogens is 3. The van der Waals surface area contributed by atoms with Crippen LogP contribution in [0.3, 0.4) is 0 Å². The van der Waals surface area contributed by atoms with Crippen LogP contribution in [0.1, 0.15) is 29.4 Å². The molecule has 0 saturated heterocycles. The van der Waals surface area contributed by atoms with Crippen molar-refractivity contribution in [3.05, 3.63) is 89.3 Å². The highest BCUT2D eigenvalue weighted by Crippen LogP contribution is 2.37. The molecular weight excluding hydrogens is 444 g/mol. The van der Waals surface area contributed by atoms with E-state index in [4.69, 9.17) is 16.0 Å². The average Bonchev–Trinajstić information content (AvgIpc) is 3.31. The smallest absolute Gasteiger partial charge is 0.238 e. The van der Waals surface area contributed by atoms with Gasteiger partial charge in [0.1, 0.15) is 11.0 Å². The molecule has 2 aromatic heterocycles. The summed E-state index contributed by atoms with van der Waals surface area (Å²) in [5.41, 5.74) is 1.82.